The van der Waals surface area contributed by atoms with Gasteiger partial charge in [-0.15, -0.1) is 10.2 Å². The summed E-state index contributed by atoms with van der Waals surface area (Å²) in [6, 6.07) is 13.9. The second-order valence-electron chi connectivity index (χ2n) is 4.07. The minimum atomic E-state index is 0.759. The molecule has 0 radical (unpaired) electrons. The molecular weight excluding hydrogens is 226 g/mol. The van der Waals surface area contributed by atoms with E-state index in [1.54, 1.807) is 7.11 Å². The van der Waals surface area contributed by atoms with E-state index in [1.807, 2.05) is 53.1 Å². The second kappa shape index (κ2) is 4.49. The van der Waals surface area contributed by atoms with E-state index in [9.17, 15) is 0 Å². The number of rotatable bonds is 3. The van der Waals surface area contributed by atoms with Crippen molar-refractivity contribution in [2.75, 3.05) is 7.11 Å². The Balaban J connectivity index is 1.91. The van der Waals surface area contributed by atoms with Gasteiger partial charge in [0.15, 0.2) is 5.65 Å². The Morgan fingerprint density at radius 2 is 1.89 bits per heavy atom. The van der Waals surface area contributed by atoms with Crippen LogP contribution in [0.3, 0.4) is 0 Å². The molecule has 2 heterocycles. The summed E-state index contributed by atoms with van der Waals surface area (Å²) in [5.74, 6) is 1.81. The minimum absolute atomic E-state index is 0.759. The maximum Gasteiger partial charge on any atom is 0.160 e. The molecule has 3 rings (SSSR count). The lowest BCUT2D eigenvalue weighted by Crippen LogP contribution is -1.96. The van der Waals surface area contributed by atoms with Crippen LogP contribution in [-0.2, 0) is 6.42 Å². The van der Waals surface area contributed by atoms with Crippen molar-refractivity contribution < 1.29 is 4.74 Å². The van der Waals surface area contributed by atoms with Crippen molar-refractivity contribution in [2.45, 2.75) is 6.42 Å². The van der Waals surface area contributed by atoms with Crippen molar-refractivity contribution in [1.29, 1.82) is 0 Å². The number of hydrogen-bond acceptors (Lipinski definition) is 3. The molecule has 4 heteroatoms. The van der Waals surface area contributed by atoms with Gasteiger partial charge in [-0.25, -0.2) is 0 Å². The Hall–Kier alpha value is -2.36. The highest BCUT2D eigenvalue weighted by Gasteiger charge is 2.05. The maximum absolute atomic E-state index is 5.14. The number of benzene rings is 1. The van der Waals surface area contributed by atoms with E-state index in [4.69, 9.17) is 4.74 Å². The fraction of sp³-hybridized carbons (Fsp3) is 0.143. The van der Waals surface area contributed by atoms with Gasteiger partial charge in [0, 0.05) is 12.6 Å². The highest BCUT2D eigenvalue weighted by atomic mass is 16.5. The Labute approximate surface area is 105 Å². The van der Waals surface area contributed by atoms with Crippen LogP contribution in [0, 0.1) is 0 Å². The third-order valence-electron chi connectivity index (χ3n) is 2.91. The molecule has 4 nitrogen and oxygen atoms in total. The Kier molecular flexibility index (Phi) is 2.68. The molecule has 0 bridgehead atoms. The van der Waals surface area contributed by atoms with E-state index in [0.717, 1.165) is 23.6 Å². The van der Waals surface area contributed by atoms with Crippen molar-refractivity contribution in [3.8, 4) is 5.75 Å². The summed E-state index contributed by atoms with van der Waals surface area (Å²) in [4.78, 5) is 0. The monoisotopic (exact) mass is 239 g/mol. The average Bonchev–Trinajstić information content (AvgIpc) is 2.83. The van der Waals surface area contributed by atoms with Gasteiger partial charge in [0.1, 0.15) is 11.6 Å². The molecule has 0 spiro atoms. The van der Waals surface area contributed by atoms with Gasteiger partial charge in [-0.1, -0.05) is 18.2 Å². The molecule has 90 valence electrons. The Bertz CT molecular complexity index is 658. The molecule has 0 saturated carbocycles. The van der Waals surface area contributed by atoms with E-state index < -0.39 is 0 Å². The van der Waals surface area contributed by atoms with E-state index in [1.165, 1.54) is 5.56 Å². The zero-order valence-electron chi connectivity index (χ0n) is 10.1. The first kappa shape index (κ1) is 10.8. The van der Waals surface area contributed by atoms with Gasteiger partial charge in [-0.2, -0.15) is 0 Å². The number of aromatic nitrogens is 3. The number of methoxy groups -OCH3 is 1. The second-order valence-corrected chi connectivity index (χ2v) is 4.07. The third kappa shape index (κ3) is 1.93. The number of pyridine rings is 1. The highest BCUT2D eigenvalue weighted by Crippen LogP contribution is 2.14. The predicted octanol–water partition coefficient (Wildman–Crippen LogP) is 2.33. The summed E-state index contributed by atoms with van der Waals surface area (Å²) in [6.07, 6.45) is 2.74. The predicted molar refractivity (Wildman–Crippen MR) is 68.8 cm³/mol. The maximum atomic E-state index is 5.14. The number of hydrogen-bond donors (Lipinski definition) is 0. The van der Waals surface area contributed by atoms with Gasteiger partial charge < -0.3 is 4.74 Å². The van der Waals surface area contributed by atoms with E-state index in [2.05, 4.69) is 10.2 Å². The van der Waals surface area contributed by atoms with Crippen LogP contribution >= 0.6 is 0 Å². The number of fused-ring (bicyclic) bond motifs is 1. The van der Waals surface area contributed by atoms with Gasteiger partial charge >= 0.3 is 0 Å². The largest absolute Gasteiger partial charge is 0.497 e. The molecule has 1 aromatic carbocycles. The molecule has 0 unspecified atom stereocenters. The van der Waals surface area contributed by atoms with Crippen molar-refractivity contribution in [3.63, 3.8) is 0 Å². The van der Waals surface area contributed by atoms with Gasteiger partial charge in [-0.3, -0.25) is 4.40 Å². The SMILES string of the molecule is COc1ccc(Cc2nnc3ccccn23)cc1. The summed E-state index contributed by atoms with van der Waals surface area (Å²) in [5.41, 5.74) is 2.06. The molecule has 0 N–H and O–H groups in total. The van der Waals surface area contributed by atoms with Crippen molar-refractivity contribution in [2.24, 2.45) is 0 Å². The molecule has 2 aromatic heterocycles. The van der Waals surface area contributed by atoms with E-state index in [0.29, 0.717) is 0 Å². The molecule has 0 fully saturated rings. The molecule has 0 aliphatic heterocycles. The lowest BCUT2D eigenvalue weighted by Gasteiger charge is -2.02. The lowest BCUT2D eigenvalue weighted by atomic mass is 10.1. The fourth-order valence-corrected chi connectivity index (χ4v) is 1.94. The van der Waals surface area contributed by atoms with Gasteiger partial charge in [0.25, 0.3) is 0 Å². The standard InChI is InChI=1S/C14H13N3O/c1-18-12-7-5-11(6-8-12)10-14-16-15-13-4-2-3-9-17(13)14/h2-9H,10H2,1H3. The van der Waals surface area contributed by atoms with Gasteiger partial charge in [0.05, 0.1) is 7.11 Å². The molecule has 0 atom stereocenters. The van der Waals surface area contributed by atoms with Crippen LogP contribution in [0.5, 0.6) is 5.75 Å². The van der Waals surface area contributed by atoms with Crippen LogP contribution in [-0.4, -0.2) is 21.7 Å². The summed E-state index contributed by atoms with van der Waals surface area (Å²) >= 11 is 0. The van der Waals surface area contributed by atoms with Crippen LogP contribution in [0.1, 0.15) is 11.4 Å². The Morgan fingerprint density at radius 3 is 2.67 bits per heavy atom. The first-order valence-electron chi connectivity index (χ1n) is 5.78. The molecule has 3 aromatic rings. The first-order chi connectivity index (χ1) is 8.86. The summed E-state index contributed by atoms with van der Waals surface area (Å²) in [7, 11) is 1.67. The van der Waals surface area contributed by atoms with Crippen molar-refractivity contribution in [3.05, 3.63) is 60.0 Å². The molecule has 0 amide bonds. The van der Waals surface area contributed by atoms with Crippen LogP contribution in [0.25, 0.3) is 5.65 Å². The van der Waals surface area contributed by atoms with Crippen LogP contribution in [0.15, 0.2) is 48.7 Å². The molecule has 0 aliphatic rings. The van der Waals surface area contributed by atoms with Crippen molar-refractivity contribution in [1.82, 2.24) is 14.6 Å². The summed E-state index contributed by atoms with van der Waals surface area (Å²) in [5, 5.41) is 8.35. The summed E-state index contributed by atoms with van der Waals surface area (Å²) < 4.78 is 7.15. The lowest BCUT2D eigenvalue weighted by molar-refractivity contribution is 0.414. The normalized spacial score (nSPS) is 10.7. The first-order valence-corrected chi connectivity index (χ1v) is 5.78. The highest BCUT2D eigenvalue weighted by molar-refractivity contribution is 5.38. The Morgan fingerprint density at radius 1 is 1.06 bits per heavy atom. The molecular formula is C14H13N3O. The van der Waals surface area contributed by atoms with Crippen molar-refractivity contribution >= 4 is 5.65 Å². The minimum Gasteiger partial charge on any atom is -0.497 e. The van der Waals surface area contributed by atoms with Gasteiger partial charge in [-0.05, 0) is 29.8 Å². The molecule has 0 aliphatic carbocycles. The molecule has 18 heavy (non-hydrogen) atoms. The quantitative estimate of drug-likeness (QED) is 0.704. The molecule has 0 saturated heterocycles. The fourth-order valence-electron chi connectivity index (χ4n) is 1.94. The number of nitrogens with zero attached hydrogens (tertiary/aromatic N) is 3. The van der Waals surface area contributed by atoms with Crippen LogP contribution in [0.4, 0.5) is 0 Å². The van der Waals surface area contributed by atoms with Crippen LogP contribution < -0.4 is 4.74 Å². The van der Waals surface area contributed by atoms with E-state index >= 15 is 0 Å². The topological polar surface area (TPSA) is 39.4 Å². The smallest absolute Gasteiger partial charge is 0.160 e. The van der Waals surface area contributed by atoms with E-state index in [-0.39, 0.29) is 0 Å². The zero-order chi connectivity index (χ0) is 12.4. The van der Waals surface area contributed by atoms with Crippen LogP contribution in [0.2, 0.25) is 0 Å². The third-order valence-corrected chi connectivity index (χ3v) is 2.91. The van der Waals surface area contributed by atoms with Gasteiger partial charge in [0.2, 0.25) is 0 Å². The number of ether oxygens (including phenoxy) is 1. The average molecular weight is 239 g/mol. The zero-order valence-corrected chi connectivity index (χ0v) is 10.1. The summed E-state index contributed by atoms with van der Waals surface area (Å²) in [6.45, 7) is 0.